The van der Waals surface area contributed by atoms with Crippen molar-refractivity contribution in [2.24, 2.45) is 0 Å². The van der Waals surface area contributed by atoms with Crippen molar-refractivity contribution < 1.29 is 24.5 Å². The zero-order chi connectivity index (χ0) is 12.3. The van der Waals surface area contributed by atoms with Crippen molar-refractivity contribution in [1.82, 2.24) is 0 Å². The summed E-state index contributed by atoms with van der Waals surface area (Å²) in [5.41, 5.74) is 0.676. The first kappa shape index (κ1) is 11.6. The van der Waals surface area contributed by atoms with Crippen LogP contribution in [0.4, 0.5) is 0 Å². The van der Waals surface area contributed by atoms with E-state index in [-0.39, 0.29) is 5.76 Å². The van der Waals surface area contributed by atoms with Gasteiger partial charge in [0.05, 0.1) is 6.08 Å². The van der Waals surface area contributed by atoms with E-state index >= 15 is 0 Å². The summed E-state index contributed by atoms with van der Waals surface area (Å²) in [6, 6.07) is 8.92. The molecule has 0 fully saturated rings. The Kier molecular flexibility index (Phi) is 3.12. The highest BCUT2D eigenvalue weighted by Crippen LogP contribution is 2.28. The predicted octanol–water partition coefficient (Wildman–Crippen LogP) is 0.282. The minimum absolute atomic E-state index is 0.268. The molecule has 1 aromatic carbocycles. The van der Waals surface area contributed by atoms with Gasteiger partial charge in [-0.1, -0.05) is 30.3 Å². The number of ether oxygens (including phenoxy) is 2. The second kappa shape index (κ2) is 4.57. The number of carbonyl (C=O) groups excluding carboxylic acids is 1. The second-order valence-electron chi connectivity index (χ2n) is 3.62. The van der Waals surface area contributed by atoms with Crippen molar-refractivity contribution in [3.8, 4) is 0 Å². The minimum Gasteiger partial charge on any atom is -0.447 e. The van der Waals surface area contributed by atoms with Crippen LogP contribution < -0.4 is 0 Å². The second-order valence-corrected chi connectivity index (χ2v) is 3.62. The van der Waals surface area contributed by atoms with Crippen LogP contribution >= 0.6 is 0 Å². The molecule has 5 heteroatoms. The monoisotopic (exact) mass is 236 g/mol. The molecule has 90 valence electrons. The molecular formula is C12H12O5. The highest BCUT2D eigenvalue weighted by Gasteiger charge is 2.39. The number of aliphatic hydroxyl groups is 2. The molecule has 0 aliphatic carbocycles. The first-order chi connectivity index (χ1) is 8.19. The Morgan fingerprint density at radius 1 is 1.06 bits per heavy atom. The summed E-state index contributed by atoms with van der Waals surface area (Å²) >= 11 is 0. The van der Waals surface area contributed by atoms with Crippen LogP contribution in [0.5, 0.6) is 0 Å². The number of aliphatic hydroxyl groups excluding tert-OH is 2. The molecule has 2 N–H and O–H groups in total. The van der Waals surface area contributed by atoms with Crippen molar-refractivity contribution in [1.29, 1.82) is 0 Å². The van der Waals surface area contributed by atoms with Crippen LogP contribution in [0.3, 0.4) is 0 Å². The van der Waals surface area contributed by atoms with E-state index < -0.39 is 25.0 Å². The van der Waals surface area contributed by atoms with Gasteiger partial charge in [-0.25, -0.2) is 4.79 Å². The van der Waals surface area contributed by atoms with Crippen molar-refractivity contribution in [3.05, 3.63) is 42.0 Å². The third-order valence-electron chi connectivity index (χ3n) is 2.37. The van der Waals surface area contributed by atoms with E-state index in [0.717, 1.165) is 0 Å². The third kappa shape index (κ3) is 2.30. The summed E-state index contributed by atoms with van der Waals surface area (Å²) in [7, 11) is 0. The molecule has 0 atom stereocenters. The Morgan fingerprint density at radius 2 is 1.71 bits per heavy atom. The van der Waals surface area contributed by atoms with E-state index in [1.807, 2.05) is 6.07 Å². The normalized spacial score (nSPS) is 18.0. The standard InChI is InChI=1S/C12H12O5/c13-7-12(8-14)16-10(6-11(15)17-12)9-4-2-1-3-5-9/h1-6,13-14H,7-8H2. The summed E-state index contributed by atoms with van der Waals surface area (Å²) in [5, 5.41) is 18.3. The lowest BCUT2D eigenvalue weighted by Crippen LogP contribution is -2.46. The molecule has 1 aromatic rings. The molecule has 1 heterocycles. The fraction of sp³-hybridized carbons (Fsp3) is 0.250. The number of esters is 1. The summed E-state index contributed by atoms with van der Waals surface area (Å²) in [4.78, 5) is 11.4. The summed E-state index contributed by atoms with van der Waals surface area (Å²) in [6.07, 6.45) is 1.18. The summed E-state index contributed by atoms with van der Waals surface area (Å²) in [5.74, 6) is -2.08. The van der Waals surface area contributed by atoms with E-state index in [0.29, 0.717) is 5.56 Å². The quantitative estimate of drug-likeness (QED) is 0.737. The zero-order valence-corrected chi connectivity index (χ0v) is 9.00. The highest BCUT2D eigenvalue weighted by molar-refractivity contribution is 5.91. The first-order valence-corrected chi connectivity index (χ1v) is 5.10. The van der Waals surface area contributed by atoms with E-state index in [9.17, 15) is 4.79 Å². The average molecular weight is 236 g/mol. The highest BCUT2D eigenvalue weighted by atomic mass is 16.7. The Labute approximate surface area is 97.9 Å². The van der Waals surface area contributed by atoms with Gasteiger partial charge in [0, 0.05) is 5.56 Å². The lowest BCUT2D eigenvalue weighted by atomic mass is 10.1. The number of rotatable bonds is 3. The topological polar surface area (TPSA) is 76.0 Å². The lowest BCUT2D eigenvalue weighted by molar-refractivity contribution is -0.235. The van der Waals surface area contributed by atoms with Crippen LogP contribution in [0.15, 0.2) is 36.4 Å². The average Bonchev–Trinajstić information content (AvgIpc) is 2.39. The van der Waals surface area contributed by atoms with Gasteiger partial charge in [0.15, 0.2) is 0 Å². The maximum absolute atomic E-state index is 11.4. The smallest absolute Gasteiger partial charge is 0.337 e. The van der Waals surface area contributed by atoms with Gasteiger partial charge in [-0.05, 0) is 0 Å². The SMILES string of the molecule is O=C1C=C(c2ccccc2)OC(CO)(CO)O1. The summed E-state index contributed by atoms with van der Waals surface area (Å²) in [6.45, 7) is -1.22. The maximum atomic E-state index is 11.4. The van der Waals surface area contributed by atoms with Gasteiger partial charge in [-0.15, -0.1) is 0 Å². The minimum atomic E-state index is -1.70. The van der Waals surface area contributed by atoms with Gasteiger partial charge >= 0.3 is 5.97 Å². The van der Waals surface area contributed by atoms with Gasteiger partial charge < -0.3 is 19.7 Å². The van der Waals surface area contributed by atoms with Crippen molar-refractivity contribution in [2.75, 3.05) is 13.2 Å². The molecule has 0 saturated carbocycles. The van der Waals surface area contributed by atoms with Crippen LogP contribution in [-0.2, 0) is 14.3 Å². The van der Waals surface area contributed by atoms with Crippen molar-refractivity contribution >= 4 is 11.7 Å². The molecule has 0 amide bonds. The van der Waals surface area contributed by atoms with Crippen LogP contribution in [0, 0.1) is 0 Å². The molecule has 0 aromatic heterocycles. The Bertz CT molecular complexity index is 433. The molecule has 0 radical (unpaired) electrons. The van der Waals surface area contributed by atoms with E-state index in [1.165, 1.54) is 6.08 Å². The molecule has 0 saturated heterocycles. The molecule has 1 aliphatic rings. The number of hydrogen-bond donors (Lipinski definition) is 2. The number of cyclic esters (lactones) is 1. The number of benzene rings is 1. The third-order valence-corrected chi connectivity index (χ3v) is 2.37. The molecule has 17 heavy (non-hydrogen) atoms. The zero-order valence-electron chi connectivity index (χ0n) is 9.00. The first-order valence-electron chi connectivity index (χ1n) is 5.10. The van der Waals surface area contributed by atoms with E-state index in [4.69, 9.17) is 19.7 Å². The summed E-state index contributed by atoms with van der Waals surface area (Å²) < 4.78 is 10.1. The molecule has 0 unspecified atom stereocenters. The maximum Gasteiger partial charge on any atom is 0.337 e. The van der Waals surface area contributed by atoms with Crippen LogP contribution in [0.1, 0.15) is 5.56 Å². The van der Waals surface area contributed by atoms with Gasteiger partial charge in [0.1, 0.15) is 19.0 Å². The van der Waals surface area contributed by atoms with Crippen LogP contribution in [0.2, 0.25) is 0 Å². The molecular weight excluding hydrogens is 224 g/mol. The Morgan fingerprint density at radius 3 is 2.29 bits per heavy atom. The number of carbonyl (C=O) groups is 1. The van der Waals surface area contributed by atoms with Crippen molar-refractivity contribution in [3.63, 3.8) is 0 Å². The lowest BCUT2D eigenvalue weighted by Gasteiger charge is -2.33. The fourth-order valence-electron chi connectivity index (χ4n) is 1.49. The van der Waals surface area contributed by atoms with Gasteiger partial charge in [0.25, 0.3) is 5.79 Å². The molecule has 1 aliphatic heterocycles. The molecule has 2 rings (SSSR count). The van der Waals surface area contributed by atoms with Gasteiger partial charge in [-0.3, -0.25) is 0 Å². The van der Waals surface area contributed by atoms with Crippen LogP contribution in [0.25, 0.3) is 5.76 Å². The van der Waals surface area contributed by atoms with Crippen molar-refractivity contribution in [2.45, 2.75) is 5.79 Å². The van der Waals surface area contributed by atoms with Crippen LogP contribution in [-0.4, -0.2) is 35.2 Å². The van der Waals surface area contributed by atoms with Gasteiger partial charge in [-0.2, -0.15) is 0 Å². The molecule has 0 spiro atoms. The molecule has 5 nitrogen and oxygen atoms in total. The number of hydrogen-bond acceptors (Lipinski definition) is 5. The van der Waals surface area contributed by atoms with Gasteiger partial charge in [0.2, 0.25) is 0 Å². The fourth-order valence-corrected chi connectivity index (χ4v) is 1.49. The Hall–Kier alpha value is -1.85. The van der Waals surface area contributed by atoms with E-state index in [1.54, 1.807) is 24.3 Å². The van der Waals surface area contributed by atoms with E-state index in [2.05, 4.69) is 0 Å². The largest absolute Gasteiger partial charge is 0.447 e. The Balaban J connectivity index is 2.33. The predicted molar refractivity (Wildman–Crippen MR) is 58.5 cm³/mol. The molecule has 0 bridgehead atoms.